The van der Waals surface area contributed by atoms with Crippen molar-refractivity contribution in [3.05, 3.63) is 35.6 Å². The van der Waals surface area contributed by atoms with Crippen LogP contribution < -0.4 is 0 Å². The van der Waals surface area contributed by atoms with Crippen LogP contribution in [0.15, 0.2) is 24.3 Å². The predicted octanol–water partition coefficient (Wildman–Crippen LogP) is 1.92. The maximum Gasteiger partial charge on any atom is 0.328 e. The number of hydrogen-bond donors (Lipinski definition) is 0. The summed E-state index contributed by atoms with van der Waals surface area (Å²) in [5.74, 6) is -0.995. The second-order valence-corrected chi connectivity index (χ2v) is 4.77. The van der Waals surface area contributed by atoms with Crippen LogP contribution >= 0.6 is 0 Å². The SMILES string of the molecule is CCOC(=O)C1CCCN1C(=O)Cc1ccccc1F. The molecule has 1 unspecified atom stereocenters. The van der Waals surface area contributed by atoms with Gasteiger partial charge in [0.15, 0.2) is 0 Å². The summed E-state index contributed by atoms with van der Waals surface area (Å²) in [6.45, 7) is 2.56. The van der Waals surface area contributed by atoms with Crippen LogP contribution in [0.4, 0.5) is 4.39 Å². The lowest BCUT2D eigenvalue weighted by Crippen LogP contribution is -2.42. The van der Waals surface area contributed by atoms with E-state index in [1.54, 1.807) is 25.1 Å². The van der Waals surface area contributed by atoms with Gasteiger partial charge in [-0.15, -0.1) is 0 Å². The average molecular weight is 279 g/mol. The number of benzene rings is 1. The Labute approximate surface area is 117 Å². The first-order valence-electron chi connectivity index (χ1n) is 6.83. The van der Waals surface area contributed by atoms with Crippen LogP contribution in [0.1, 0.15) is 25.3 Å². The van der Waals surface area contributed by atoms with Crippen LogP contribution in [0, 0.1) is 5.82 Å². The van der Waals surface area contributed by atoms with E-state index in [0.29, 0.717) is 25.1 Å². The molecule has 0 bridgehead atoms. The van der Waals surface area contributed by atoms with E-state index in [0.717, 1.165) is 6.42 Å². The fourth-order valence-corrected chi connectivity index (χ4v) is 2.45. The van der Waals surface area contributed by atoms with Gasteiger partial charge in [-0.2, -0.15) is 0 Å². The summed E-state index contributed by atoms with van der Waals surface area (Å²) in [4.78, 5) is 25.5. The van der Waals surface area contributed by atoms with E-state index >= 15 is 0 Å². The van der Waals surface area contributed by atoms with E-state index < -0.39 is 11.9 Å². The lowest BCUT2D eigenvalue weighted by atomic mass is 10.1. The molecule has 0 spiro atoms. The van der Waals surface area contributed by atoms with Crippen LogP contribution in [0.3, 0.4) is 0 Å². The van der Waals surface area contributed by atoms with Crippen LogP contribution in [0.2, 0.25) is 0 Å². The van der Waals surface area contributed by atoms with Crippen molar-refractivity contribution in [3.63, 3.8) is 0 Å². The molecule has 0 saturated carbocycles. The monoisotopic (exact) mass is 279 g/mol. The van der Waals surface area contributed by atoms with E-state index in [-0.39, 0.29) is 18.3 Å². The molecular weight excluding hydrogens is 261 g/mol. The predicted molar refractivity (Wildman–Crippen MR) is 71.5 cm³/mol. The Bertz CT molecular complexity index is 504. The number of hydrogen-bond acceptors (Lipinski definition) is 3. The van der Waals surface area contributed by atoms with Gasteiger partial charge in [0.2, 0.25) is 5.91 Å². The Morgan fingerprint density at radius 2 is 2.15 bits per heavy atom. The van der Waals surface area contributed by atoms with Gasteiger partial charge < -0.3 is 9.64 Å². The van der Waals surface area contributed by atoms with Crippen molar-refractivity contribution >= 4 is 11.9 Å². The number of likely N-dealkylation sites (tertiary alicyclic amines) is 1. The molecule has 20 heavy (non-hydrogen) atoms. The quantitative estimate of drug-likeness (QED) is 0.791. The summed E-state index contributed by atoms with van der Waals surface area (Å²) in [7, 11) is 0. The fraction of sp³-hybridized carbons (Fsp3) is 0.467. The van der Waals surface area contributed by atoms with Crippen LogP contribution in [-0.4, -0.2) is 36.0 Å². The van der Waals surface area contributed by atoms with Crippen molar-refractivity contribution in [1.29, 1.82) is 0 Å². The zero-order chi connectivity index (χ0) is 14.5. The van der Waals surface area contributed by atoms with Crippen molar-refractivity contribution in [2.75, 3.05) is 13.2 Å². The molecule has 1 aliphatic rings. The molecular formula is C15H18FNO3. The maximum atomic E-state index is 13.6. The van der Waals surface area contributed by atoms with E-state index in [4.69, 9.17) is 4.74 Å². The third-order valence-electron chi connectivity index (χ3n) is 3.43. The highest BCUT2D eigenvalue weighted by atomic mass is 19.1. The van der Waals surface area contributed by atoms with Gasteiger partial charge in [0.05, 0.1) is 13.0 Å². The lowest BCUT2D eigenvalue weighted by Gasteiger charge is -2.23. The number of halogens is 1. The molecule has 2 rings (SSSR count). The molecule has 1 aromatic carbocycles. The van der Waals surface area contributed by atoms with Crippen molar-refractivity contribution < 1.29 is 18.7 Å². The largest absolute Gasteiger partial charge is 0.464 e. The molecule has 0 radical (unpaired) electrons. The van der Waals surface area contributed by atoms with Crippen molar-refractivity contribution in [1.82, 2.24) is 4.90 Å². The molecule has 1 atom stereocenters. The molecule has 0 aromatic heterocycles. The molecule has 1 saturated heterocycles. The molecule has 5 heteroatoms. The zero-order valence-corrected chi connectivity index (χ0v) is 11.5. The highest BCUT2D eigenvalue weighted by Gasteiger charge is 2.35. The first kappa shape index (κ1) is 14.5. The highest BCUT2D eigenvalue weighted by Crippen LogP contribution is 2.20. The number of carbonyl (C=O) groups excluding carboxylic acids is 2. The molecule has 1 aliphatic heterocycles. The Morgan fingerprint density at radius 3 is 2.85 bits per heavy atom. The number of carbonyl (C=O) groups is 2. The third kappa shape index (κ3) is 3.15. The van der Waals surface area contributed by atoms with Gasteiger partial charge >= 0.3 is 5.97 Å². The van der Waals surface area contributed by atoms with Gasteiger partial charge in [0.1, 0.15) is 11.9 Å². The smallest absolute Gasteiger partial charge is 0.328 e. The number of esters is 1. The molecule has 1 fully saturated rings. The number of rotatable bonds is 4. The van der Waals surface area contributed by atoms with Gasteiger partial charge in [-0.3, -0.25) is 4.79 Å². The molecule has 0 aliphatic carbocycles. The van der Waals surface area contributed by atoms with E-state index in [9.17, 15) is 14.0 Å². The summed E-state index contributed by atoms with van der Waals surface area (Å²) >= 11 is 0. The number of ether oxygens (including phenoxy) is 1. The minimum Gasteiger partial charge on any atom is -0.464 e. The van der Waals surface area contributed by atoms with E-state index in [1.807, 2.05) is 0 Å². The molecule has 1 heterocycles. The Balaban J connectivity index is 2.05. The molecule has 0 N–H and O–H groups in total. The van der Waals surface area contributed by atoms with Gasteiger partial charge in [-0.1, -0.05) is 18.2 Å². The maximum absolute atomic E-state index is 13.6. The molecule has 108 valence electrons. The van der Waals surface area contributed by atoms with E-state index in [1.165, 1.54) is 11.0 Å². The van der Waals surface area contributed by atoms with Crippen LogP contribution in [0.5, 0.6) is 0 Å². The normalized spacial score (nSPS) is 18.1. The van der Waals surface area contributed by atoms with Crippen molar-refractivity contribution in [2.45, 2.75) is 32.2 Å². The first-order valence-corrected chi connectivity index (χ1v) is 6.83. The summed E-state index contributed by atoms with van der Waals surface area (Å²) in [5.41, 5.74) is 0.354. The highest BCUT2D eigenvalue weighted by molar-refractivity contribution is 5.86. The molecule has 1 amide bonds. The molecule has 4 nitrogen and oxygen atoms in total. The minimum absolute atomic E-state index is 0.0252. The number of amides is 1. The van der Waals surface area contributed by atoms with Crippen LogP contribution in [0.25, 0.3) is 0 Å². The number of nitrogens with zero attached hydrogens (tertiary/aromatic N) is 1. The summed E-state index contributed by atoms with van der Waals surface area (Å²) in [6, 6.07) is 5.67. The Hall–Kier alpha value is -1.91. The van der Waals surface area contributed by atoms with Gasteiger partial charge in [0, 0.05) is 6.54 Å². The average Bonchev–Trinajstić information content (AvgIpc) is 2.91. The summed E-state index contributed by atoms with van der Waals surface area (Å²) in [6.07, 6.45) is 1.36. The molecule has 1 aromatic rings. The Kier molecular flexibility index (Phi) is 4.71. The van der Waals surface area contributed by atoms with Gasteiger partial charge in [0.25, 0.3) is 0 Å². The Morgan fingerprint density at radius 1 is 1.40 bits per heavy atom. The first-order chi connectivity index (χ1) is 9.63. The van der Waals surface area contributed by atoms with Gasteiger partial charge in [-0.25, -0.2) is 9.18 Å². The zero-order valence-electron chi connectivity index (χ0n) is 11.5. The fourth-order valence-electron chi connectivity index (χ4n) is 2.45. The lowest BCUT2D eigenvalue weighted by molar-refractivity contribution is -0.152. The second-order valence-electron chi connectivity index (χ2n) is 4.77. The summed E-state index contributed by atoms with van der Waals surface area (Å²) < 4.78 is 18.5. The van der Waals surface area contributed by atoms with Crippen molar-refractivity contribution in [3.8, 4) is 0 Å². The topological polar surface area (TPSA) is 46.6 Å². The van der Waals surface area contributed by atoms with Gasteiger partial charge in [-0.05, 0) is 31.4 Å². The minimum atomic E-state index is -0.519. The third-order valence-corrected chi connectivity index (χ3v) is 3.43. The van der Waals surface area contributed by atoms with Crippen molar-refractivity contribution in [2.24, 2.45) is 0 Å². The standard InChI is InChI=1S/C15H18FNO3/c1-2-20-15(19)13-8-5-9-17(13)14(18)10-11-6-3-4-7-12(11)16/h3-4,6-7,13H,2,5,8-10H2,1H3. The van der Waals surface area contributed by atoms with E-state index in [2.05, 4.69) is 0 Å². The van der Waals surface area contributed by atoms with Crippen LogP contribution in [-0.2, 0) is 20.7 Å². The summed E-state index contributed by atoms with van der Waals surface area (Å²) in [5, 5.41) is 0. The second kappa shape index (κ2) is 6.50.